The van der Waals surface area contributed by atoms with Crippen molar-refractivity contribution < 1.29 is 13.2 Å². The number of carbonyl (C=O) groups excluding carboxylic acids is 1. The van der Waals surface area contributed by atoms with E-state index in [-0.39, 0.29) is 23.4 Å². The van der Waals surface area contributed by atoms with Gasteiger partial charge in [-0.25, -0.2) is 13.4 Å². The Labute approximate surface area is 123 Å². The summed E-state index contributed by atoms with van der Waals surface area (Å²) in [5.74, 6) is 0.672. The fraction of sp³-hybridized carbons (Fsp3) is 0.667. The molecule has 0 aromatic carbocycles. The molecule has 0 radical (unpaired) electrons. The Bertz CT molecular complexity index is 579. The molecule has 1 aromatic heterocycles. The Balaban J connectivity index is 2.94. The third kappa shape index (κ3) is 4.79. The van der Waals surface area contributed by atoms with Crippen LogP contribution in [0.5, 0.6) is 0 Å². The first-order valence-corrected chi connectivity index (χ1v) is 8.70. The van der Waals surface area contributed by atoms with E-state index in [0.717, 1.165) is 0 Å². The number of amides is 1. The monoisotopic (exact) mass is 321 g/mol. The van der Waals surface area contributed by atoms with Crippen LogP contribution in [-0.2, 0) is 20.4 Å². The highest BCUT2D eigenvalue weighted by atomic mass is 35.7. The molecule has 0 saturated carbocycles. The Kier molecular flexibility index (Phi) is 5.59. The molecule has 0 spiro atoms. The van der Waals surface area contributed by atoms with Crippen LogP contribution in [0.25, 0.3) is 0 Å². The normalized spacial score (nSPS) is 12.2. The minimum Gasteiger partial charge on any atom is -0.354 e. The van der Waals surface area contributed by atoms with E-state index >= 15 is 0 Å². The molecule has 0 aliphatic rings. The Morgan fingerprint density at radius 1 is 1.40 bits per heavy atom. The number of imidazole rings is 1. The Hall–Kier alpha value is -1.08. The molecule has 8 heteroatoms. The van der Waals surface area contributed by atoms with Gasteiger partial charge in [0.15, 0.2) is 5.03 Å². The average Bonchev–Trinajstić information content (AvgIpc) is 2.70. The van der Waals surface area contributed by atoms with Crippen molar-refractivity contribution in [3.63, 3.8) is 0 Å². The summed E-state index contributed by atoms with van der Waals surface area (Å²) in [6.07, 6.45) is 1.30. The molecule has 0 aliphatic heterocycles. The number of nitrogens with zero attached hydrogens (tertiary/aromatic N) is 2. The lowest BCUT2D eigenvalue weighted by Crippen LogP contribution is -2.31. The van der Waals surface area contributed by atoms with E-state index in [1.165, 1.54) is 10.8 Å². The summed E-state index contributed by atoms with van der Waals surface area (Å²) in [6, 6.07) is 0. The van der Waals surface area contributed by atoms with Crippen LogP contribution in [0.1, 0.15) is 39.4 Å². The Morgan fingerprint density at radius 3 is 2.45 bits per heavy atom. The summed E-state index contributed by atoms with van der Waals surface area (Å²) in [7, 11) is 1.39. The second kappa shape index (κ2) is 6.58. The van der Waals surface area contributed by atoms with Crippen molar-refractivity contribution in [3.8, 4) is 0 Å². The summed E-state index contributed by atoms with van der Waals surface area (Å²) in [5.41, 5.74) is 0. The molecular formula is C12H20ClN3O3S. The molecular weight excluding hydrogens is 302 g/mol. The highest BCUT2D eigenvalue weighted by Crippen LogP contribution is 2.19. The van der Waals surface area contributed by atoms with Crippen LogP contribution in [0.4, 0.5) is 0 Å². The van der Waals surface area contributed by atoms with Crippen molar-refractivity contribution in [3.05, 3.63) is 12.0 Å². The second-order valence-electron chi connectivity index (χ2n) is 5.36. The quantitative estimate of drug-likeness (QED) is 0.809. The SMILES string of the molecule is CC(C)CNC(=O)Cn1cc(S(=O)(=O)Cl)nc1C(C)C. The third-order valence-electron chi connectivity index (χ3n) is 2.57. The maximum absolute atomic E-state index is 11.8. The first-order valence-electron chi connectivity index (χ1n) is 6.39. The largest absolute Gasteiger partial charge is 0.354 e. The molecule has 0 aliphatic carbocycles. The lowest BCUT2D eigenvalue weighted by molar-refractivity contribution is -0.121. The van der Waals surface area contributed by atoms with E-state index in [1.807, 2.05) is 27.7 Å². The maximum atomic E-state index is 11.8. The minimum atomic E-state index is -3.89. The van der Waals surface area contributed by atoms with Gasteiger partial charge in [-0.3, -0.25) is 4.79 Å². The second-order valence-corrected chi connectivity index (χ2v) is 7.87. The number of carbonyl (C=O) groups is 1. The zero-order chi connectivity index (χ0) is 15.5. The van der Waals surface area contributed by atoms with Crippen molar-refractivity contribution in [2.75, 3.05) is 6.54 Å². The summed E-state index contributed by atoms with van der Waals surface area (Å²) in [4.78, 5) is 15.8. The minimum absolute atomic E-state index is 0.0138. The van der Waals surface area contributed by atoms with Gasteiger partial charge in [0.25, 0.3) is 9.05 Å². The van der Waals surface area contributed by atoms with E-state index in [1.54, 1.807) is 0 Å². The van der Waals surface area contributed by atoms with Crippen LogP contribution in [0, 0.1) is 5.92 Å². The summed E-state index contributed by atoms with van der Waals surface area (Å²) in [6.45, 7) is 8.33. The third-order valence-corrected chi connectivity index (χ3v) is 3.74. The smallest absolute Gasteiger partial charge is 0.280 e. The molecule has 0 fully saturated rings. The van der Waals surface area contributed by atoms with Gasteiger partial charge < -0.3 is 9.88 Å². The van der Waals surface area contributed by atoms with Gasteiger partial charge in [-0.15, -0.1) is 0 Å². The van der Waals surface area contributed by atoms with Gasteiger partial charge in [0.2, 0.25) is 5.91 Å². The topological polar surface area (TPSA) is 81.1 Å². The molecule has 0 unspecified atom stereocenters. The number of halogens is 1. The van der Waals surface area contributed by atoms with Gasteiger partial charge >= 0.3 is 0 Å². The Morgan fingerprint density at radius 2 is 2.00 bits per heavy atom. The molecule has 1 heterocycles. The lowest BCUT2D eigenvalue weighted by atomic mass is 10.2. The van der Waals surface area contributed by atoms with Crippen LogP contribution < -0.4 is 5.32 Å². The van der Waals surface area contributed by atoms with Crippen LogP contribution in [0.15, 0.2) is 11.2 Å². The lowest BCUT2D eigenvalue weighted by Gasteiger charge is -2.11. The van der Waals surface area contributed by atoms with Crippen molar-refractivity contribution in [2.45, 2.75) is 45.2 Å². The van der Waals surface area contributed by atoms with Gasteiger partial charge in [-0.2, -0.15) is 0 Å². The summed E-state index contributed by atoms with van der Waals surface area (Å²) < 4.78 is 24.1. The summed E-state index contributed by atoms with van der Waals surface area (Å²) >= 11 is 0. The molecule has 1 rings (SSSR count). The molecule has 1 aromatic rings. The standard InChI is InChI=1S/C12H20ClN3O3S/c1-8(2)5-14-10(17)6-16-7-11(20(13,18)19)15-12(16)9(3)4/h7-9H,5-6H2,1-4H3,(H,14,17). The van der Waals surface area contributed by atoms with Crippen molar-refractivity contribution >= 4 is 25.6 Å². The first kappa shape index (κ1) is 17.0. The summed E-state index contributed by atoms with van der Waals surface area (Å²) in [5, 5.41) is 2.55. The molecule has 0 bridgehead atoms. The molecule has 1 amide bonds. The molecule has 6 nitrogen and oxygen atoms in total. The molecule has 0 atom stereocenters. The van der Waals surface area contributed by atoms with Crippen LogP contribution >= 0.6 is 10.7 Å². The number of rotatable bonds is 6. The zero-order valence-corrected chi connectivity index (χ0v) is 13.6. The average molecular weight is 322 g/mol. The molecule has 20 heavy (non-hydrogen) atoms. The predicted molar refractivity (Wildman–Crippen MR) is 77.2 cm³/mol. The number of hydrogen-bond donors (Lipinski definition) is 1. The fourth-order valence-electron chi connectivity index (χ4n) is 1.64. The van der Waals surface area contributed by atoms with Crippen LogP contribution in [-0.4, -0.2) is 30.4 Å². The van der Waals surface area contributed by atoms with Crippen molar-refractivity contribution in [1.29, 1.82) is 0 Å². The zero-order valence-electron chi connectivity index (χ0n) is 12.1. The predicted octanol–water partition coefficient (Wildman–Crippen LogP) is 1.71. The number of aromatic nitrogens is 2. The van der Waals surface area contributed by atoms with Crippen LogP contribution in [0.3, 0.4) is 0 Å². The van der Waals surface area contributed by atoms with Crippen molar-refractivity contribution in [2.24, 2.45) is 5.92 Å². The van der Waals surface area contributed by atoms with Gasteiger partial charge in [0.05, 0.1) is 0 Å². The van der Waals surface area contributed by atoms with E-state index in [2.05, 4.69) is 10.3 Å². The molecule has 1 N–H and O–H groups in total. The first-order chi connectivity index (χ1) is 9.11. The molecule has 114 valence electrons. The van der Waals surface area contributed by atoms with E-state index < -0.39 is 9.05 Å². The van der Waals surface area contributed by atoms with Gasteiger partial charge in [0.1, 0.15) is 12.4 Å². The van der Waals surface area contributed by atoms with Crippen LogP contribution in [0.2, 0.25) is 0 Å². The highest BCUT2D eigenvalue weighted by Gasteiger charge is 2.20. The van der Waals surface area contributed by atoms with E-state index in [0.29, 0.717) is 18.3 Å². The number of nitrogens with one attached hydrogen (secondary N) is 1. The van der Waals surface area contributed by atoms with E-state index in [9.17, 15) is 13.2 Å². The maximum Gasteiger partial charge on any atom is 0.280 e. The van der Waals surface area contributed by atoms with E-state index in [4.69, 9.17) is 10.7 Å². The highest BCUT2D eigenvalue weighted by molar-refractivity contribution is 8.13. The van der Waals surface area contributed by atoms with Gasteiger partial charge in [-0.1, -0.05) is 27.7 Å². The fourth-order valence-corrected chi connectivity index (χ4v) is 2.32. The van der Waals surface area contributed by atoms with Crippen molar-refractivity contribution in [1.82, 2.24) is 14.9 Å². The molecule has 0 saturated heterocycles. The van der Waals surface area contributed by atoms with Gasteiger partial charge in [0, 0.05) is 29.3 Å². The van der Waals surface area contributed by atoms with Gasteiger partial charge in [-0.05, 0) is 5.92 Å². The number of hydrogen-bond acceptors (Lipinski definition) is 4.